The molecular weight excluding hydrogens is 949 g/mol. The summed E-state index contributed by atoms with van der Waals surface area (Å²) in [6.07, 6.45) is 0.209. The van der Waals surface area contributed by atoms with Crippen molar-refractivity contribution in [3.05, 3.63) is 29.8 Å². The number of hydrogen-bond donors (Lipinski definition) is 8. The summed E-state index contributed by atoms with van der Waals surface area (Å²) in [5.41, 5.74) is 14.8. The van der Waals surface area contributed by atoms with Crippen LogP contribution in [0.3, 0.4) is 0 Å². The highest BCUT2D eigenvalue weighted by molar-refractivity contribution is 5.96. The Balaban J connectivity index is 0. The third-order valence-electron chi connectivity index (χ3n) is 9.26. The van der Waals surface area contributed by atoms with Gasteiger partial charge in [0.1, 0.15) is 52.3 Å². The highest BCUT2D eigenvalue weighted by Gasteiger charge is 2.35. The van der Waals surface area contributed by atoms with Crippen molar-refractivity contribution >= 4 is 72.4 Å². The van der Waals surface area contributed by atoms with E-state index in [9.17, 15) is 33.6 Å². The van der Waals surface area contributed by atoms with Gasteiger partial charge in [0.25, 0.3) is 0 Å². The van der Waals surface area contributed by atoms with E-state index in [0.29, 0.717) is 30.6 Å². The number of esters is 2. The summed E-state index contributed by atoms with van der Waals surface area (Å²) in [4.78, 5) is 98.6. The maximum absolute atomic E-state index is 14.3. The van der Waals surface area contributed by atoms with E-state index in [1.807, 2.05) is 20.8 Å². The molecule has 0 saturated heterocycles. The number of guanidine groups is 1. The molecule has 1 aromatic carbocycles. The van der Waals surface area contributed by atoms with E-state index in [1.165, 1.54) is 0 Å². The number of unbranched alkanes of at least 4 members (excludes halogenated alkanes) is 1. The zero-order valence-electron chi connectivity index (χ0n) is 43.8. The van der Waals surface area contributed by atoms with E-state index in [1.54, 1.807) is 100 Å². The number of benzene rings is 1. The normalized spacial score (nSPS) is 13.8. The number of halogens is 2. The number of nitrogens with zero attached hydrogens (tertiary/aromatic N) is 1. The van der Waals surface area contributed by atoms with E-state index < -0.39 is 100 Å². The minimum Gasteiger partial charge on any atom is -0.488 e. The second-order valence-corrected chi connectivity index (χ2v) is 21.1. The number of nitrogens with one attached hydrogen (secondary N) is 5. The van der Waals surface area contributed by atoms with Crippen LogP contribution in [-0.4, -0.2) is 113 Å². The third-order valence-corrected chi connectivity index (χ3v) is 9.26. The molecule has 0 aliphatic carbocycles. The maximum atomic E-state index is 14.3. The second-order valence-electron chi connectivity index (χ2n) is 21.1. The van der Waals surface area contributed by atoms with Crippen LogP contribution in [0.2, 0.25) is 0 Å². The summed E-state index contributed by atoms with van der Waals surface area (Å²) in [6, 6.07) is 1.01. The molecular formula is C48H85Cl2N9O11. The average Bonchev–Trinajstić information content (AvgIpc) is 3.16. The highest BCUT2D eigenvalue weighted by atomic mass is 35.5. The largest absolute Gasteiger partial charge is 0.488 e. The molecule has 0 bridgehead atoms. The van der Waals surface area contributed by atoms with Crippen molar-refractivity contribution in [1.29, 1.82) is 0 Å². The zero-order valence-corrected chi connectivity index (χ0v) is 45.5. The molecule has 0 saturated carbocycles. The van der Waals surface area contributed by atoms with Gasteiger partial charge in [0, 0.05) is 25.9 Å². The maximum Gasteiger partial charge on any atom is 0.407 e. The number of carbonyl (C=O) groups excluding carboxylic acids is 7. The van der Waals surface area contributed by atoms with E-state index in [0.717, 1.165) is 0 Å². The predicted molar refractivity (Wildman–Crippen MR) is 274 cm³/mol. The summed E-state index contributed by atoms with van der Waals surface area (Å²) >= 11 is 0. The summed E-state index contributed by atoms with van der Waals surface area (Å²) in [5.74, 6) is -4.31. The van der Waals surface area contributed by atoms with Crippen LogP contribution in [-0.2, 0) is 49.4 Å². The van der Waals surface area contributed by atoms with Gasteiger partial charge in [-0.2, -0.15) is 0 Å². The first-order valence-electron chi connectivity index (χ1n) is 23.4. The molecule has 0 aromatic heterocycles. The van der Waals surface area contributed by atoms with Gasteiger partial charge in [0.2, 0.25) is 23.6 Å². The van der Waals surface area contributed by atoms with Crippen molar-refractivity contribution < 1.29 is 52.5 Å². The Kier molecular flexibility index (Phi) is 29.3. The Morgan fingerprint density at radius 3 is 1.63 bits per heavy atom. The van der Waals surface area contributed by atoms with Gasteiger partial charge in [0.15, 0.2) is 5.96 Å². The standard InChI is InChI=1S/C48H83N9O11.2ClH/c1-29(2)37(41(62)56-35(42(63)67-47(9,10)11)28-30-20-22-31(23-21-30)65-45(3,4)5)57-40(61)34(24-25-36(58)66-46(6,7)8)55-39(60)33(19-15-16-26-53-44(64)68-48(12,13)14)54-38(59)32(49)18-17-27-52-43(50)51;;/h20-23,29,32-35,37H,15-19,24-28,49H2,1-14H3,(H,53,64)(H,54,59)(H,55,60)(H,56,62)(H,57,61)(H4,50,51,52);2*1H/t32-,33-,34-,35-,37-;;/m0../s1. The Hall–Kier alpha value is -5.08. The molecule has 0 radical (unpaired) electrons. The minimum absolute atomic E-state index is 0. The van der Waals surface area contributed by atoms with E-state index in [2.05, 4.69) is 31.6 Å². The lowest BCUT2D eigenvalue weighted by molar-refractivity contribution is -0.159. The molecule has 0 fully saturated rings. The summed E-state index contributed by atoms with van der Waals surface area (Å²) in [5, 5.41) is 13.5. The molecule has 5 atom stereocenters. The molecule has 0 unspecified atom stereocenters. The number of carbonyl (C=O) groups is 7. The molecule has 0 heterocycles. The number of hydrogen-bond acceptors (Lipinski definition) is 13. The first-order chi connectivity index (χ1) is 31.1. The fourth-order valence-corrected chi connectivity index (χ4v) is 6.27. The van der Waals surface area contributed by atoms with Crippen LogP contribution in [0.1, 0.15) is 147 Å². The van der Waals surface area contributed by atoms with Crippen molar-refractivity contribution in [2.75, 3.05) is 13.1 Å². The molecule has 0 aliphatic rings. The fraction of sp³-hybridized carbons (Fsp3) is 0.708. The SMILES string of the molecule is CC(C)[C@H](NC(=O)[C@H](CCC(=O)OC(C)(C)C)NC(=O)[C@H](CCCCNC(=O)OC(C)(C)C)NC(=O)[C@@H](N)CCCN=C(N)N)C(=O)N[C@@H](Cc1ccc(OC(C)(C)C)cc1)C(=O)OC(C)(C)C.Cl.Cl. The molecule has 5 amide bonds. The van der Waals surface area contributed by atoms with E-state index in [4.69, 9.17) is 36.1 Å². The van der Waals surface area contributed by atoms with Crippen LogP contribution >= 0.6 is 24.8 Å². The second kappa shape index (κ2) is 30.6. The highest BCUT2D eigenvalue weighted by Crippen LogP contribution is 2.21. The van der Waals surface area contributed by atoms with Crippen LogP contribution in [0, 0.1) is 5.92 Å². The van der Waals surface area contributed by atoms with Crippen LogP contribution in [0.25, 0.3) is 0 Å². The Morgan fingerprint density at radius 2 is 1.11 bits per heavy atom. The van der Waals surface area contributed by atoms with Crippen molar-refractivity contribution in [3.8, 4) is 5.75 Å². The number of amides is 5. The molecule has 1 aromatic rings. The number of nitrogens with two attached hydrogens (primary N) is 3. The molecule has 402 valence electrons. The van der Waals surface area contributed by atoms with Crippen molar-refractivity contribution in [2.45, 2.75) is 201 Å². The molecule has 20 nitrogen and oxygen atoms in total. The Bertz CT molecular complexity index is 1850. The monoisotopic (exact) mass is 1030 g/mol. The van der Waals surface area contributed by atoms with Crippen LogP contribution in [0.4, 0.5) is 4.79 Å². The van der Waals surface area contributed by atoms with Crippen LogP contribution in [0.5, 0.6) is 5.75 Å². The van der Waals surface area contributed by atoms with E-state index in [-0.39, 0.29) is 76.0 Å². The quantitative estimate of drug-likeness (QED) is 0.0222. The van der Waals surface area contributed by atoms with Crippen LogP contribution < -0.4 is 48.5 Å². The molecule has 0 aliphatic heterocycles. The summed E-state index contributed by atoms with van der Waals surface area (Å²) in [6.45, 7) is 25.0. The molecule has 22 heteroatoms. The van der Waals surface area contributed by atoms with E-state index >= 15 is 0 Å². The van der Waals surface area contributed by atoms with Crippen LogP contribution in [0.15, 0.2) is 29.3 Å². The minimum atomic E-state index is -1.42. The van der Waals surface area contributed by atoms with Gasteiger partial charge < -0.3 is 62.7 Å². The first kappa shape index (κ1) is 67.0. The first-order valence-corrected chi connectivity index (χ1v) is 23.4. The lowest BCUT2D eigenvalue weighted by Crippen LogP contribution is -2.59. The zero-order chi connectivity index (χ0) is 52.2. The molecule has 70 heavy (non-hydrogen) atoms. The van der Waals surface area contributed by atoms with Crippen molar-refractivity contribution in [1.82, 2.24) is 26.6 Å². The van der Waals surface area contributed by atoms with Gasteiger partial charge >= 0.3 is 18.0 Å². The molecule has 11 N–H and O–H groups in total. The van der Waals surface area contributed by atoms with Crippen molar-refractivity contribution in [3.63, 3.8) is 0 Å². The Labute approximate surface area is 427 Å². The van der Waals surface area contributed by atoms with Crippen molar-refractivity contribution in [2.24, 2.45) is 28.1 Å². The Morgan fingerprint density at radius 1 is 0.600 bits per heavy atom. The van der Waals surface area contributed by atoms with Gasteiger partial charge in [-0.3, -0.25) is 29.0 Å². The number of alkyl carbamates (subject to hydrolysis) is 1. The third kappa shape index (κ3) is 30.5. The number of rotatable bonds is 25. The fourth-order valence-electron chi connectivity index (χ4n) is 6.27. The summed E-state index contributed by atoms with van der Waals surface area (Å²) < 4.78 is 22.4. The lowest BCUT2D eigenvalue weighted by atomic mass is 10.00. The predicted octanol–water partition coefficient (Wildman–Crippen LogP) is 4.38. The number of ether oxygens (including phenoxy) is 4. The molecule has 0 spiro atoms. The van der Waals surface area contributed by atoms with Gasteiger partial charge in [0.05, 0.1) is 6.04 Å². The smallest absolute Gasteiger partial charge is 0.407 e. The van der Waals surface area contributed by atoms with Gasteiger partial charge in [-0.1, -0.05) is 26.0 Å². The molecule has 1 rings (SSSR count). The lowest BCUT2D eigenvalue weighted by Gasteiger charge is -2.29. The average molecular weight is 1040 g/mol. The van der Waals surface area contributed by atoms with Gasteiger partial charge in [-0.15, -0.1) is 24.8 Å². The topological polar surface area (TPSA) is 307 Å². The number of aliphatic imine (C=N–C) groups is 1. The summed E-state index contributed by atoms with van der Waals surface area (Å²) in [7, 11) is 0. The van der Waals surface area contributed by atoms with Gasteiger partial charge in [-0.25, -0.2) is 9.59 Å². The van der Waals surface area contributed by atoms with Gasteiger partial charge in [-0.05, 0) is 145 Å².